The fourth-order valence-corrected chi connectivity index (χ4v) is 6.58. The van der Waals surface area contributed by atoms with Crippen LogP contribution >= 0.6 is 0 Å². The van der Waals surface area contributed by atoms with Crippen molar-refractivity contribution in [2.75, 3.05) is 6.54 Å². The number of carboxylic acid groups (broad SMARTS) is 1. The number of carbonyl (C=O) groups is 2. The molecule has 3 aliphatic rings. The van der Waals surface area contributed by atoms with Gasteiger partial charge in [0.1, 0.15) is 12.1 Å². The first-order chi connectivity index (χ1) is 18.5. The fraction of sp³-hybridized carbons (Fsp3) is 0.567. The molecule has 1 aromatic heterocycles. The van der Waals surface area contributed by atoms with Gasteiger partial charge in [-0.25, -0.2) is 14.2 Å². The molecule has 3 heterocycles. The molecule has 2 bridgehead atoms. The third-order valence-corrected chi connectivity index (χ3v) is 8.48. The van der Waals surface area contributed by atoms with E-state index in [9.17, 15) is 14.0 Å². The van der Waals surface area contributed by atoms with E-state index in [1.807, 2.05) is 0 Å². The Hall–Kier alpha value is -3.00. The minimum absolute atomic E-state index is 0.0122. The van der Waals surface area contributed by atoms with Crippen molar-refractivity contribution in [3.63, 3.8) is 0 Å². The highest BCUT2D eigenvalue weighted by atomic mass is 19.1. The number of hydrogen-bond donors (Lipinski definition) is 2. The number of ether oxygens (including phenoxy) is 1. The molecule has 1 saturated carbocycles. The fourth-order valence-electron chi connectivity index (χ4n) is 6.58. The standard InChI is InChI=1S/C30H37FN2O5/c31-22-11-9-20(10-14-27(34)35)21(16-22)17-23-25-12-13-26(38-25)28(23)30-33-24(18-37-30)29(36)32-15-5-4-8-19-6-2-1-3-7-19/h9-11,14,16,18-19,23,25-26,28H,1-8,12-13,15,17H2,(H,32,36)(H,34,35)/b14-10+/t23-,25-,26+,28+/m0/s1. The summed E-state index contributed by atoms with van der Waals surface area (Å²) in [7, 11) is 0. The summed E-state index contributed by atoms with van der Waals surface area (Å²) in [5.41, 5.74) is 1.64. The molecule has 5 rings (SSSR count). The van der Waals surface area contributed by atoms with E-state index in [0.29, 0.717) is 30.0 Å². The number of rotatable bonds is 11. The summed E-state index contributed by atoms with van der Waals surface area (Å²) in [4.78, 5) is 28.3. The number of fused-ring (bicyclic) bond motifs is 2. The highest BCUT2D eigenvalue weighted by molar-refractivity contribution is 5.91. The molecule has 204 valence electrons. The van der Waals surface area contributed by atoms with Crippen LogP contribution in [0.2, 0.25) is 0 Å². The zero-order chi connectivity index (χ0) is 26.5. The maximum absolute atomic E-state index is 14.1. The van der Waals surface area contributed by atoms with E-state index in [1.54, 1.807) is 6.07 Å². The number of unbranched alkanes of at least 4 members (excludes halogenated alkanes) is 1. The Morgan fingerprint density at radius 2 is 1.92 bits per heavy atom. The van der Waals surface area contributed by atoms with Gasteiger partial charge in [0.15, 0.2) is 5.69 Å². The van der Waals surface area contributed by atoms with E-state index in [1.165, 1.54) is 63.0 Å². The molecular weight excluding hydrogens is 487 g/mol. The van der Waals surface area contributed by atoms with Gasteiger partial charge in [0, 0.05) is 18.5 Å². The minimum atomic E-state index is -1.06. The summed E-state index contributed by atoms with van der Waals surface area (Å²) in [6, 6.07) is 4.37. The van der Waals surface area contributed by atoms with Crippen molar-refractivity contribution in [3.8, 4) is 0 Å². The predicted octanol–water partition coefficient (Wildman–Crippen LogP) is 5.90. The van der Waals surface area contributed by atoms with Crippen LogP contribution in [0.25, 0.3) is 6.08 Å². The Bertz CT molecular complexity index is 1160. The van der Waals surface area contributed by atoms with Crippen molar-refractivity contribution in [3.05, 3.63) is 59.1 Å². The minimum Gasteiger partial charge on any atom is -0.478 e. The van der Waals surface area contributed by atoms with Crippen molar-refractivity contribution < 1.29 is 28.2 Å². The number of aliphatic carboxylic acids is 1. The third-order valence-electron chi connectivity index (χ3n) is 8.48. The van der Waals surface area contributed by atoms with Crippen LogP contribution in [0, 0.1) is 17.7 Å². The lowest BCUT2D eigenvalue weighted by molar-refractivity contribution is -0.131. The molecule has 2 aliphatic heterocycles. The zero-order valence-electron chi connectivity index (χ0n) is 21.7. The number of amides is 1. The van der Waals surface area contributed by atoms with E-state index in [4.69, 9.17) is 14.3 Å². The molecule has 0 spiro atoms. The van der Waals surface area contributed by atoms with Crippen molar-refractivity contribution in [1.29, 1.82) is 0 Å². The molecule has 4 atom stereocenters. The maximum Gasteiger partial charge on any atom is 0.328 e. The number of carboxylic acids is 1. The van der Waals surface area contributed by atoms with Gasteiger partial charge in [-0.2, -0.15) is 0 Å². The van der Waals surface area contributed by atoms with Gasteiger partial charge in [-0.1, -0.05) is 51.0 Å². The number of oxazole rings is 1. The smallest absolute Gasteiger partial charge is 0.328 e. The van der Waals surface area contributed by atoms with Crippen molar-refractivity contribution >= 4 is 18.0 Å². The van der Waals surface area contributed by atoms with Crippen molar-refractivity contribution in [2.24, 2.45) is 11.8 Å². The summed E-state index contributed by atoms with van der Waals surface area (Å²) in [6.45, 7) is 0.625. The number of carbonyl (C=O) groups excluding carboxylic acids is 1. The van der Waals surface area contributed by atoms with Gasteiger partial charge in [0.05, 0.1) is 18.1 Å². The molecule has 2 N–H and O–H groups in total. The normalized spacial score (nSPS) is 25.3. The average molecular weight is 525 g/mol. The number of nitrogens with zero attached hydrogens (tertiary/aromatic N) is 1. The molecule has 3 fully saturated rings. The summed E-state index contributed by atoms with van der Waals surface area (Å²) in [6.07, 6.45) is 16.3. The molecular formula is C30H37FN2O5. The first-order valence-electron chi connectivity index (χ1n) is 14.1. The molecule has 1 aromatic carbocycles. The van der Waals surface area contributed by atoms with E-state index < -0.39 is 5.97 Å². The lowest BCUT2D eigenvalue weighted by Crippen LogP contribution is -2.28. The average Bonchev–Trinajstić information content (AvgIpc) is 3.65. The Morgan fingerprint density at radius 3 is 2.74 bits per heavy atom. The topological polar surface area (TPSA) is 102 Å². The zero-order valence-corrected chi connectivity index (χ0v) is 21.7. The first-order valence-corrected chi connectivity index (χ1v) is 14.1. The Labute approximate surface area is 222 Å². The third kappa shape index (κ3) is 6.34. The lowest BCUT2D eigenvalue weighted by Gasteiger charge is -2.26. The number of nitrogens with one attached hydrogen (secondary N) is 1. The molecule has 2 aromatic rings. The Kier molecular flexibility index (Phi) is 8.57. The molecule has 1 aliphatic carbocycles. The molecule has 8 heteroatoms. The highest BCUT2D eigenvalue weighted by Gasteiger charge is 2.51. The van der Waals surface area contributed by atoms with Crippen LogP contribution in [0.1, 0.15) is 97.6 Å². The van der Waals surface area contributed by atoms with Crippen molar-refractivity contribution in [1.82, 2.24) is 10.3 Å². The number of benzene rings is 1. The van der Waals surface area contributed by atoms with Crippen LogP contribution in [0.5, 0.6) is 0 Å². The van der Waals surface area contributed by atoms with Gasteiger partial charge in [-0.15, -0.1) is 0 Å². The predicted molar refractivity (Wildman–Crippen MR) is 140 cm³/mol. The van der Waals surface area contributed by atoms with Crippen LogP contribution in [0.15, 0.2) is 35.0 Å². The van der Waals surface area contributed by atoms with Crippen molar-refractivity contribution in [2.45, 2.75) is 88.8 Å². The van der Waals surface area contributed by atoms with E-state index in [2.05, 4.69) is 10.3 Å². The summed E-state index contributed by atoms with van der Waals surface area (Å²) < 4.78 is 26.1. The molecule has 38 heavy (non-hydrogen) atoms. The number of aromatic nitrogens is 1. The largest absolute Gasteiger partial charge is 0.478 e. The van der Waals surface area contributed by atoms with Crippen LogP contribution < -0.4 is 5.32 Å². The monoisotopic (exact) mass is 524 g/mol. The van der Waals surface area contributed by atoms with E-state index >= 15 is 0 Å². The van der Waals surface area contributed by atoms with Crippen LogP contribution in [-0.4, -0.2) is 40.7 Å². The summed E-state index contributed by atoms with van der Waals surface area (Å²) in [5.74, 6) is -0.496. The van der Waals surface area contributed by atoms with Gasteiger partial charge in [0.2, 0.25) is 5.89 Å². The van der Waals surface area contributed by atoms with Crippen LogP contribution in [-0.2, 0) is 16.0 Å². The Morgan fingerprint density at radius 1 is 1.11 bits per heavy atom. The lowest BCUT2D eigenvalue weighted by atomic mass is 9.75. The molecule has 1 amide bonds. The maximum atomic E-state index is 14.1. The van der Waals surface area contributed by atoms with Gasteiger partial charge < -0.3 is 19.6 Å². The molecule has 0 unspecified atom stereocenters. The first kappa shape index (κ1) is 26.6. The SMILES string of the molecule is O=C(O)/C=C/c1ccc(F)cc1C[C@@H]1[C@@H](c2nc(C(=O)NCCCCC3CCCCC3)co2)[C@H]2CC[C@@H]1O2. The quantitative estimate of drug-likeness (QED) is 0.281. The number of halogens is 1. The molecule has 0 radical (unpaired) electrons. The van der Waals surface area contributed by atoms with E-state index in [-0.39, 0.29) is 41.5 Å². The van der Waals surface area contributed by atoms with Gasteiger partial charge in [-0.3, -0.25) is 4.79 Å². The highest BCUT2D eigenvalue weighted by Crippen LogP contribution is 2.50. The van der Waals surface area contributed by atoms with Gasteiger partial charge in [0.25, 0.3) is 5.91 Å². The second-order valence-electron chi connectivity index (χ2n) is 11.0. The second kappa shape index (κ2) is 12.2. The Balaban J connectivity index is 1.20. The van der Waals surface area contributed by atoms with Gasteiger partial charge in [-0.05, 0) is 60.9 Å². The molecule has 2 saturated heterocycles. The summed E-state index contributed by atoms with van der Waals surface area (Å²) >= 11 is 0. The second-order valence-corrected chi connectivity index (χ2v) is 11.0. The molecule has 7 nitrogen and oxygen atoms in total. The number of hydrogen-bond acceptors (Lipinski definition) is 5. The van der Waals surface area contributed by atoms with E-state index in [0.717, 1.165) is 37.7 Å². The summed E-state index contributed by atoms with van der Waals surface area (Å²) in [5, 5.41) is 12.0. The van der Waals surface area contributed by atoms with Crippen LogP contribution in [0.3, 0.4) is 0 Å². The van der Waals surface area contributed by atoms with Crippen LogP contribution in [0.4, 0.5) is 4.39 Å². The van der Waals surface area contributed by atoms with Gasteiger partial charge >= 0.3 is 5.97 Å².